The maximum Gasteiger partial charge on any atom is 0.225 e. The fourth-order valence-electron chi connectivity index (χ4n) is 1.71. The standard InChI is InChI=1S/C12H17N5/c1-9-7-10(2)15-12(14-9)17(4)8-11-13-5-6-16(11)3/h5-7H,8H2,1-4H3. The van der Waals surface area contributed by atoms with Gasteiger partial charge in [0.15, 0.2) is 0 Å². The average Bonchev–Trinajstić information content (AvgIpc) is 2.63. The predicted molar refractivity (Wildman–Crippen MR) is 66.8 cm³/mol. The number of imidazole rings is 1. The molecule has 0 aliphatic carbocycles. The van der Waals surface area contributed by atoms with Gasteiger partial charge in [-0.25, -0.2) is 15.0 Å². The van der Waals surface area contributed by atoms with Gasteiger partial charge in [-0.15, -0.1) is 0 Å². The molecule has 0 fully saturated rings. The van der Waals surface area contributed by atoms with E-state index in [1.165, 1.54) is 0 Å². The summed E-state index contributed by atoms with van der Waals surface area (Å²) in [6, 6.07) is 1.97. The van der Waals surface area contributed by atoms with E-state index in [2.05, 4.69) is 15.0 Å². The number of aryl methyl sites for hydroxylation is 3. The summed E-state index contributed by atoms with van der Waals surface area (Å²) in [7, 11) is 3.96. The van der Waals surface area contributed by atoms with Gasteiger partial charge in [0.05, 0.1) is 6.54 Å². The minimum absolute atomic E-state index is 0.701. The van der Waals surface area contributed by atoms with E-state index in [-0.39, 0.29) is 0 Å². The number of hydrogen-bond acceptors (Lipinski definition) is 4. The third-order valence-corrected chi connectivity index (χ3v) is 2.61. The summed E-state index contributed by atoms with van der Waals surface area (Å²) in [5.41, 5.74) is 1.97. The van der Waals surface area contributed by atoms with Gasteiger partial charge in [-0.05, 0) is 19.9 Å². The van der Waals surface area contributed by atoms with Crippen molar-refractivity contribution < 1.29 is 0 Å². The van der Waals surface area contributed by atoms with E-state index in [9.17, 15) is 0 Å². The van der Waals surface area contributed by atoms with Crippen LogP contribution in [0.1, 0.15) is 17.2 Å². The summed E-state index contributed by atoms with van der Waals surface area (Å²) in [6.07, 6.45) is 3.73. The van der Waals surface area contributed by atoms with Gasteiger partial charge in [0.1, 0.15) is 5.82 Å². The highest BCUT2D eigenvalue weighted by molar-refractivity contribution is 5.31. The molecule has 2 aromatic heterocycles. The minimum atomic E-state index is 0.701. The highest BCUT2D eigenvalue weighted by Crippen LogP contribution is 2.10. The molecule has 0 saturated heterocycles. The van der Waals surface area contributed by atoms with Crippen LogP contribution < -0.4 is 4.90 Å². The first kappa shape index (κ1) is 11.6. The minimum Gasteiger partial charge on any atom is -0.337 e. The fraction of sp³-hybridized carbons (Fsp3) is 0.417. The molecule has 0 unspecified atom stereocenters. The van der Waals surface area contributed by atoms with E-state index >= 15 is 0 Å². The van der Waals surface area contributed by atoms with Crippen LogP contribution in [0.3, 0.4) is 0 Å². The van der Waals surface area contributed by atoms with Crippen molar-refractivity contribution in [3.8, 4) is 0 Å². The summed E-state index contributed by atoms with van der Waals surface area (Å²) in [5, 5.41) is 0. The normalized spacial score (nSPS) is 10.6. The molecule has 17 heavy (non-hydrogen) atoms. The van der Waals surface area contributed by atoms with E-state index in [1.54, 1.807) is 6.20 Å². The van der Waals surface area contributed by atoms with E-state index < -0.39 is 0 Å². The second-order valence-electron chi connectivity index (χ2n) is 4.26. The third-order valence-electron chi connectivity index (χ3n) is 2.61. The van der Waals surface area contributed by atoms with Crippen molar-refractivity contribution in [3.63, 3.8) is 0 Å². The van der Waals surface area contributed by atoms with Crippen molar-refractivity contribution in [2.75, 3.05) is 11.9 Å². The third kappa shape index (κ3) is 2.61. The van der Waals surface area contributed by atoms with Crippen LogP contribution >= 0.6 is 0 Å². The zero-order valence-electron chi connectivity index (χ0n) is 10.7. The van der Waals surface area contributed by atoms with Crippen molar-refractivity contribution in [1.82, 2.24) is 19.5 Å². The van der Waals surface area contributed by atoms with Crippen LogP contribution in [0.15, 0.2) is 18.5 Å². The molecule has 0 bridgehead atoms. The zero-order chi connectivity index (χ0) is 12.4. The van der Waals surface area contributed by atoms with E-state index in [4.69, 9.17) is 0 Å². The van der Waals surface area contributed by atoms with Crippen LogP contribution in [0, 0.1) is 13.8 Å². The van der Waals surface area contributed by atoms with Crippen molar-refractivity contribution in [1.29, 1.82) is 0 Å². The number of aromatic nitrogens is 4. The number of rotatable bonds is 3. The summed E-state index contributed by atoms with van der Waals surface area (Å²) >= 11 is 0. The van der Waals surface area contributed by atoms with E-state index in [0.717, 1.165) is 23.2 Å². The van der Waals surface area contributed by atoms with Crippen molar-refractivity contribution in [2.24, 2.45) is 7.05 Å². The Bertz CT molecular complexity index is 497. The van der Waals surface area contributed by atoms with Gasteiger partial charge in [0.25, 0.3) is 0 Å². The number of anilines is 1. The van der Waals surface area contributed by atoms with Gasteiger partial charge in [0, 0.05) is 37.9 Å². The molecule has 0 saturated carbocycles. The Balaban J connectivity index is 2.20. The van der Waals surface area contributed by atoms with Gasteiger partial charge in [-0.2, -0.15) is 0 Å². The lowest BCUT2D eigenvalue weighted by molar-refractivity contribution is 0.744. The van der Waals surface area contributed by atoms with Crippen LogP contribution in [-0.2, 0) is 13.6 Å². The Kier molecular flexibility index (Phi) is 3.08. The second kappa shape index (κ2) is 4.53. The second-order valence-corrected chi connectivity index (χ2v) is 4.26. The molecule has 0 aliphatic rings. The van der Waals surface area contributed by atoms with Crippen LogP contribution in [0.25, 0.3) is 0 Å². The Morgan fingerprint density at radius 2 is 1.88 bits per heavy atom. The first-order valence-corrected chi connectivity index (χ1v) is 5.56. The molecule has 0 atom stereocenters. The number of nitrogens with zero attached hydrogens (tertiary/aromatic N) is 5. The van der Waals surface area contributed by atoms with E-state index in [1.807, 2.05) is 49.7 Å². The molecule has 2 aromatic rings. The molecule has 2 heterocycles. The average molecular weight is 231 g/mol. The smallest absolute Gasteiger partial charge is 0.225 e. The van der Waals surface area contributed by atoms with Crippen molar-refractivity contribution >= 4 is 5.95 Å². The van der Waals surface area contributed by atoms with Gasteiger partial charge < -0.3 is 9.47 Å². The Morgan fingerprint density at radius 1 is 1.24 bits per heavy atom. The highest BCUT2D eigenvalue weighted by Gasteiger charge is 2.09. The first-order valence-electron chi connectivity index (χ1n) is 5.56. The number of hydrogen-bond donors (Lipinski definition) is 0. The van der Waals surface area contributed by atoms with Crippen molar-refractivity contribution in [2.45, 2.75) is 20.4 Å². The zero-order valence-corrected chi connectivity index (χ0v) is 10.7. The maximum absolute atomic E-state index is 4.42. The molecule has 0 radical (unpaired) electrons. The van der Waals surface area contributed by atoms with Gasteiger partial charge in [0.2, 0.25) is 5.95 Å². The molecule has 5 nitrogen and oxygen atoms in total. The topological polar surface area (TPSA) is 46.8 Å². The van der Waals surface area contributed by atoms with Gasteiger partial charge >= 0.3 is 0 Å². The molecule has 2 rings (SSSR count). The van der Waals surface area contributed by atoms with Crippen LogP contribution in [0.4, 0.5) is 5.95 Å². The van der Waals surface area contributed by atoms with Gasteiger partial charge in [-0.3, -0.25) is 0 Å². The van der Waals surface area contributed by atoms with Crippen LogP contribution in [-0.4, -0.2) is 26.6 Å². The first-order chi connectivity index (χ1) is 8.06. The molecule has 90 valence electrons. The molecular formula is C12H17N5. The predicted octanol–water partition coefficient (Wildman–Crippen LogP) is 1.46. The quantitative estimate of drug-likeness (QED) is 0.802. The lowest BCUT2D eigenvalue weighted by Crippen LogP contribution is -2.21. The molecular weight excluding hydrogens is 214 g/mol. The summed E-state index contributed by atoms with van der Waals surface area (Å²) < 4.78 is 2.00. The lowest BCUT2D eigenvalue weighted by Gasteiger charge is -2.17. The van der Waals surface area contributed by atoms with Gasteiger partial charge in [-0.1, -0.05) is 0 Å². The summed E-state index contributed by atoms with van der Waals surface area (Å²) in [5.74, 6) is 1.74. The summed E-state index contributed by atoms with van der Waals surface area (Å²) in [6.45, 7) is 4.66. The SMILES string of the molecule is Cc1cc(C)nc(N(C)Cc2nccn2C)n1. The molecule has 0 aromatic carbocycles. The molecule has 0 amide bonds. The van der Waals surface area contributed by atoms with Crippen molar-refractivity contribution in [3.05, 3.63) is 35.7 Å². The maximum atomic E-state index is 4.42. The summed E-state index contributed by atoms with van der Waals surface area (Å²) in [4.78, 5) is 15.1. The molecule has 5 heteroatoms. The molecule has 0 aliphatic heterocycles. The Labute approximate surface area is 101 Å². The lowest BCUT2D eigenvalue weighted by atomic mass is 10.3. The Morgan fingerprint density at radius 3 is 2.41 bits per heavy atom. The Hall–Kier alpha value is -1.91. The molecule has 0 spiro atoms. The fourth-order valence-corrected chi connectivity index (χ4v) is 1.71. The van der Waals surface area contributed by atoms with E-state index in [0.29, 0.717) is 6.54 Å². The van der Waals surface area contributed by atoms with Crippen LogP contribution in [0.5, 0.6) is 0 Å². The highest BCUT2D eigenvalue weighted by atomic mass is 15.2. The molecule has 0 N–H and O–H groups in total. The monoisotopic (exact) mass is 231 g/mol. The van der Waals surface area contributed by atoms with Crippen LogP contribution in [0.2, 0.25) is 0 Å². The largest absolute Gasteiger partial charge is 0.337 e.